The molecule has 0 aliphatic heterocycles. The summed E-state index contributed by atoms with van der Waals surface area (Å²) in [5, 5.41) is 0. The van der Waals surface area contributed by atoms with Crippen molar-refractivity contribution >= 4 is 0 Å². The zero-order valence-electron chi connectivity index (χ0n) is 28.6. The molecule has 0 aliphatic rings. The highest BCUT2D eigenvalue weighted by atomic mass is 15.0. The summed E-state index contributed by atoms with van der Waals surface area (Å²) in [5.74, 6) is 2.58. The van der Waals surface area contributed by atoms with Crippen LogP contribution in [0.4, 0.5) is 0 Å². The van der Waals surface area contributed by atoms with Crippen molar-refractivity contribution in [2.75, 3.05) is 0 Å². The van der Waals surface area contributed by atoms with Crippen LogP contribution in [0.1, 0.15) is 17.1 Å². The second kappa shape index (κ2) is 13.7. The van der Waals surface area contributed by atoms with Crippen LogP contribution < -0.4 is 0 Å². The van der Waals surface area contributed by atoms with Crippen molar-refractivity contribution in [3.05, 3.63) is 169 Å². The van der Waals surface area contributed by atoms with Gasteiger partial charge in [0.05, 0.1) is 5.69 Å². The molecule has 5 aromatic carbocycles. The number of rotatable bonds is 7. The lowest BCUT2D eigenvalue weighted by Gasteiger charge is -2.13. The zero-order chi connectivity index (χ0) is 34.7. The lowest BCUT2D eigenvalue weighted by molar-refractivity contribution is 1.06. The average molecular weight is 659 g/mol. The molecule has 8 aromatic rings. The van der Waals surface area contributed by atoms with Crippen molar-refractivity contribution in [3.63, 3.8) is 0 Å². The highest BCUT2D eigenvalue weighted by Crippen LogP contribution is 2.35. The molecule has 0 fully saturated rings. The van der Waals surface area contributed by atoms with E-state index in [-0.39, 0.29) is 0 Å². The van der Waals surface area contributed by atoms with Gasteiger partial charge in [0.15, 0.2) is 23.3 Å². The Morgan fingerprint density at radius 2 is 0.667 bits per heavy atom. The molecule has 0 saturated heterocycles. The first-order chi connectivity index (χ1) is 24.9. The fourth-order valence-electron chi connectivity index (χ4n) is 6.23. The van der Waals surface area contributed by atoms with E-state index in [0.29, 0.717) is 17.5 Å². The van der Waals surface area contributed by atoms with E-state index >= 15 is 0 Å². The highest BCUT2D eigenvalue weighted by molar-refractivity contribution is 5.81. The van der Waals surface area contributed by atoms with E-state index in [4.69, 9.17) is 19.9 Å². The molecule has 0 radical (unpaired) electrons. The Kier molecular flexibility index (Phi) is 8.48. The van der Waals surface area contributed by atoms with Crippen LogP contribution >= 0.6 is 0 Å². The largest absolute Gasteiger partial charge is 0.253 e. The SMILES string of the molecule is Cc1cccc(-c2ccc(-c3cc(-c4ccc(-c5nc(C)cc(C)n5)cc4)cc(-c4nc(-c5ccccc5)nc(-c5ccccc5)n4)c3)cc2)n1. The Bertz CT molecular complexity index is 2400. The Balaban J connectivity index is 1.27. The third-order valence-corrected chi connectivity index (χ3v) is 8.75. The second-order valence-electron chi connectivity index (χ2n) is 12.6. The van der Waals surface area contributed by atoms with E-state index in [0.717, 1.165) is 78.7 Å². The van der Waals surface area contributed by atoms with Gasteiger partial charge in [0.1, 0.15) is 0 Å². The van der Waals surface area contributed by atoms with E-state index in [1.54, 1.807) is 0 Å². The maximum atomic E-state index is 5.05. The van der Waals surface area contributed by atoms with Crippen molar-refractivity contribution in [3.8, 4) is 79.1 Å². The molecule has 6 heteroatoms. The van der Waals surface area contributed by atoms with E-state index in [2.05, 4.69) is 76.7 Å². The molecule has 3 aromatic heterocycles. The van der Waals surface area contributed by atoms with Crippen LogP contribution in [-0.4, -0.2) is 29.9 Å². The molecule has 0 atom stereocenters. The molecule has 0 saturated carbocycles. The number of nitrogens with zero attached hydrogens (tertiary/aromatic N) is 6. The number of aryl methyl sites for hydroxylation is 3. The predicted molar refractivity (Wildman–Crippen MR) is 205 cm³/mol. The number of hydrogen-bond donors (Lipinski definition) is 0. The predicted octanol–water partition coefficient (Wildman–Crippen LogP) is 10.7. The summed E-state index contributed by atoms with van der Waals surface area (Å²) < 4.78 is 0. The van der Waals surface area contributed by atoms with Gasteiger partial charge in [0, 0.05) is 44.9 Å². The average Bonchev–Trinajstić information content (AvgIpc) is 3.18. The summed E-state index contributed by atoms with van der Waals surface area (Å²) in [6.45, 7) is 6.01. The number of pyridine rings is 1. The van der Waals surface area contributed by atoms with E-state index in [1.165, 1.54) is 0 Å². The quantitative estimate of drug-likeness (QED) is 0.170. The first-order valence-electron chi connectivity index (χ1n) is 17.0. The molecule has 0 bridgehead atoms. The molecule has 8 rings (SSSR count). The van der Waals surface area contributed by atoms with Gasteiger partial charge < -0.3 is 0 Å². The summed E-state index contributed by atoms with van der Waals surface area (Å²) in [6.07, 6.45) is 0. The molecule has 3 heterocycles. The van der Waals surface area contributed by atoms with Gasteiger partial charge in [0.2, 0.25) is 0 Å². The molecule has 6 nitrogen and oxygen atoms in total. The molecular formula is C45H34N6. The Morgan fingerprint density at radius 3 is 1.18 bits per heavy atom. The molecular weight excluding hydrogens is 625 g/mol. The summed E-state index contributed by atoms with van der Waals surface area (Å²) in [4.78, 5) is 29.1. The third kappa shape index (κ3) is 6.94. The van der Waals surface area contributed by atoms with Gasteiger partial charge in [-0.2, -0.15) is 0 Å². The molecule has 51 heavy (non-hydrogen) atoms. The van der Waals surface area contributed by atoms with Gasteiger partial charge in [0.25, 0.3) is 0 Å². The van der Waals surface area contributed by atoms with Gasteiger partial charge in [-0.15, -0.1) is 0 Å². The van der Waals surface area contributed by atoms with Gasteiger partial charge in [-0.25, -0.2) is 24.9 Å². The smallest absolute Gasteiger partial charge is 0.164 e. The number of hydrogen-bond acceptors (Lipinski definition) is 6. The molecule has 0 N–H and O–H groups in total. The zero-order valence-corrected chi connectivity index (χ0v) is 28.6. The Morgan fingerprint density at radius 1 is 0.255 bits per heavy atom. The van der Waals surface area contributed by atoms with E-state index in [1.807, 2.05) is 106 Å². The van der Waals surface area contributed by atoms with Gasteiger partial charge >= 0.3 is 0 Å². The lowest BCUT2D eigenvalue weighted by Crippen LogP contribution is -2.00. The number of benzene rings is 5. The van der Waals surface area contributed by atoms with Crippen LogP contribution in [0, 0.1) is 20.8 Å². The second-order valence-corrected chi connectivity index (χ2v) is 12.6. The molecule has 0 unspecified atom stereocenters. The summed E-state index contributed by atoms with van der Waals surface area (Å²) in [6, 6.07) is 51.8. The maximum Gasteiger partial charge on any atom is 0.164 e. The first kappa shape index (κ1) is 31.6. The van der Waals surface area contributed by atoms with Crippen LogP contribution in [0.25, 0.3) is 79.1 Å². The molecule has 0 aliphatic carbocycles. The number of aromatic nitrogens is 6. The Labute approximate surface area is 297 Å². The van der Waals surface area contributed by atoms with Crippen molar-refractivity contribution < 1.29 is 0 Å². The third-order valence-electron chi connectivity index (χ3n) is 8.75. The van der Waals surface area contributed by atoms with Crippen LogP contribution in [0.3, 0.4) is 0 Å². The Hall–Kier alpha value is -6.66. The molecule has 0 amide bonds. The van der Waals surface area contributed by atoms with E-state index in [9.17, 15) is 0 Å². The van der Waals surface area contributed by atoms with Crippen molar-refractivity contribution in [2.45, 2.75) is 20.8 Å². The van der Waals surface area contributed by atoms with Crippen molar-refractivity contribution in [1.29, 1.82) is 0 Å². The van der Waals surface area contributed by atoms with Crippen LogP contribution in [0.5, 0.6) is 0 Å². The molecule has 0 spiro atoms. The fraction of sp³-hybridized carbons (Fsp3) is 0.0667. The minimum Gasteiger partial charge on any atom is -0.253 e. The summed E-state index contributed by atoms with van der Waals surface area (Å²) in [5.41, 5.74) is 12.9. The summed E-state index contributed by atoms with van der Waals surface area (Å²) >= 11 is 0. The van der Waals surface area contributed by atoms with Crippen molar-refractivity contribution in [2.24, 2.45) is 0 Å². The van der Waals surface area contributed by atoms with Crippen LogP contribution in [0.2, 0.25) is 0 Å². The standard InChI is InChI=1S/C45H34N6/c1-29-11-10-16-41(46-29)34-21-17-32(18-22-34)38-26-39(33-19-23-37(24-20-33)42-47-30(2)25-31(3)48-42)28-40(27-38)45-50-43(35-12-6-4-7-13-35)49-44(51-45)36-14-8-5-9-15-36/h4-28H,1-3H3. The van der Waals surface area contributed by atoms with Crippen LogP contribution in [-0.2, 0) is 0 Å². The molecule has 244 valence electrons. The normalized spacial score (nSPS) is 11.0. The van der Waals surface area contributed by atoms with Crippen LogP contribution in [0.15, 0.2) is 152 Å². The summed E-state index contributed by atoms with van der Waals surface area (Å²) in [7, 11) is 0. The van der Waals surface area contributed by atoms with E-state index < -0.39 is 0 Å². The minimum atomic E-state index is 0.603. The minimum absolute atomic E-state index is 0.603. The maximum absolute atomic E-state index is 5.05. The lowest BCUT2D eigenvalue weighted by atomic mass is 9.94. The monoisotopic (exact) mass is 658 g/mol. The fourth-order valence-corrected chi connectivity index (χ4v) is 6.23. The highest BCUT2D eigenvalue weighted by Gasteiger charge is 2.15. The van der Waals surface area contributed by atoms with Gasteiger partial charge in [-0.1, -0.05) is 115 Å². The van der Waals surface area contributed by atoms with Gasteiger partial charge in [-0.3, -0.25) is 4.98 Å². The first-order valence-corrected chi connectivity index (χ1v) is 17.0. The van der Waals surface area contributed by atoms with Crippen molar-refractivity contribution in [1.82, 2.24) is 29.9 Å². The topological polar surface area (TPSA) is 77.3 Å². The van der Waals surface area contributed by atoms with Gasteiger partial charge in [-0.05, 0) is 79.4 Å².